The van der Waals surface area contributed by atoms with Crippen LogP contribution in [0.1, 0.15) is 35.3 Å². The highest BCUT2D eigenvalue weighted by Gasteiger charge is 2.34. The zero-order chi connectivity index (χ0) is 20.3. The van der Waals surface area contributed by atoms with Crippen LogP contribution in [0.3, 0.4) is 0 Å². The highest BCUT2D eigenvalue weighted by Crippen LogP contribution is 2.31. The van der Waals surface area contributed by atoms with Gasteiger partial charge < -0.3 is 9.51 Å². The molecule has 0 spiro atoms. The smallest absolute Gasteiger partial charge is 0.308 e. The van der Waals surface area contributed by atoms with Crippen LogP contribution in [0.4, 0.5) is 8.78 Å². The van der Waals surface area contributed by atoms with Crippen LogP contribution >= 0.6 is 23.2 Å². The van der Waals surface area contributed by atoms with E-state index in [2.05, 4.69) is 15.1 Å². The van der Waals surface area contributed by atoms with E-state index in [0.29, 0.717) is 22.4 Å². The Morgan fingerprint density at radius 3 is 2.64 bits per heavy atom. The van der Waals surface area contributed by atoms with E-state index in [1.165, 1.54) is 25.3 Å². The first-order valence-electron chi connectivity index (χ1n) is 8.28. The SMILES string of the molecule is CC=CC(F)(F)c1nc(Cc2ccno2)[nH]c(=O)c1Cc1ccc(Cl)c(Cl)c1. The van der Waals surface area contributed by atoms with Gasteiger partial charge in [-0.3, -0.25) is 4.79 Å². The summed E-state index contributed by atoms with van der Waals surface area (Å²) >= 11 is 11.9. The first-order valence-corrected chi connectivity index (χ1v) is 9.03. The van der Waals surface area contributed by atoms with Gasteiger partial charge in [0.25, 0.3) is 5.56 Å². The Morgan fingerprint density at radius 2 is 2.00 bits per heavy atom. The Hall–Kier alpha value is -2.51. The summed E-state index contributed by atoms with van der Waals surface area (Å²) in [5.74, 6) is -2.98. The normalized spacial score (nSPS) is 12.0. The third kappa shape index (κ3) is 4.48. The number of nitrogens with one attached hydrogen (secondary N) is 1. The first kappa shape index (κ1) is 20.2. The molecule has 0 bridgehead atoms. The standard InChI is InChI=1S/C19H15Cl2F2N3O2/c1-2-6-19(22,23)17-13(8-11-3-4-14(20)15(21)9-11)18(27)26-16(25-17)10-12-5-7-24-28-12/h2-7,9H,8,10H2,1H3,(H,25,26,27). The molecule has 0 fully saturated rings. The number of hydrogen-bond donors (Lipinski definition) is 1. The molecule has 0 unspecified atom stereocenters. The van der Waals surface area contributed by atoms with Crippen LogP contribution in [0.5, 0.6) is 0 Å². The van der Waals surface area contributed by atoms with Crippen molar-refractivity contribution in [2.45, 2.75) is 25.7 Å². The van der Waals surface area contributed by atoms with Crippen molar-refractivity contribution in [2.75, 3.05) is 0 Å². The van der Waals surface area contributed by atoms with E-state index in [1.807, 2.05) is 0 Å². The van der Waals surface area contributed by atoms with E-state index in [1.54, 1.807) is 18.2 Å². The molecule has 3 rings (SSSR count). The van der Waals surface area contributed by atoms with E-state index >= 15 is 0 Å². The molecule has 0 radical (unpaired) electrons. The number of aromatic amines is 1. The lowest BCUT2D eigenvalue weighted by Crippen LogP contribution is -2.26. The van der Waals surface area contributed by atoms with Crippen LogP contribution < -0.4 is 5.56 Å². The summed E-state index contributed by atoms with van der Waals surface area (Å²) < 4.78 is 34.4. The lowest BCUT2D eigenvalue weighted by Gasteiger charge is -2.16. The number of benzene rings is 1. The third-order valence-corrected chi connectivity index (χ3v) is 4.69. The van der Waals surface area contributed by atoms with Crippen LogP contribution in [0.2, 0.25) is 10.0 Å². The Balaban J connectivity index is 2.09. The maximum atomic E-state index is 14.7. The number of H-pyrrole nitrogens is 1. The van der Waals surface area contributed by atoms with Gasteiger partial charge in [-0.05, 0) is 30.7 Å². The molecule has 1 aromatic carbocycles. The molecule has 1 N–H and O–H groups in total. The summed E-state index contributed by atoms with van der Waals surface area (Å²) in [5.41, 5.74) is -0.866. The van der Waals surface area contributed by atoms with Crippen LogP contribution in [-0.4, -0.2) is 15.1 Å². The molecule has 0 aliphatic rings. The van der Waals surface area contributed by atoms with Crippen molar-refractivity contribution in [3.05, 3.63) is 91.4 Å². The molecular weight excluding hydrogens is 411 g/mol. The van der Waals surface area contributed by atoms with Gasteiger partial charge in [0.2, 0.25) is 0 Å². The van der Waals surface area contributed by atoms with Crippen LogP contribution in [0.25, 0.3) is 0 Å². The molecule has 9 heteroatoms. The fraction of sp³-hybridized carbons (Fsp3) is 0.211. The molecule has 0 saturated heterocycles. The van der Waals surface area contributed by atoms with Gasteiger partial charge in [0, 0.05) is 18.1 Å². The number of halogens is 4. The summed E-state index contributed by atoms with van der Waals surface area (Å²) in [6.07, 6.45) is 3.28. The van der Waals surface area contributed by atoms with Crippen molar-refractivity contribution >= 4 is 23.2 Å². The lowest BCUT2D eigenvalue weighted by molar-refractivity contribution is 0.0455. The average molecular weight is 426 g/mol. The molecular formula is C19H15Cl2F2N3O2. The predicted molar refractivity (Wildman–Crippen MR) is 102 cm³/mol. The topological polar surface area (TPSA) is 71.8 Å². The van der Waals surface area contributed by atoms with Gasteiger partial charge in [-0.25, -0.2) is 4.98 Å². The molecule has 5 nitrogen and oxygen atoms in total. The molecule has 3 aromatic rings. The minimum Gasteiger partial charge on any atom is -0.361 e. The van der Waals surface area contributed by atoms with Crippen molar-refractivity contribution in [2.24, 2.45) is 0 Å². The minimum absolute atomic E-state index is 0.0290. The first-order chi connectivity index (χ1) is 13.3. The van der Waals surface area contributed by atoms with Gasteiger partial charge >= 0.3 is 5.92 Å². The molecule has 0 amide bonds. The summed E-state index contributed by atoms with van der Waals surface area (Å²) in [5, 5.41) is 4.16. The molecule has 146 valence electrons. The molecule has 28 heavy (non-hydrogen) atoms. The number of hydrogen-bond acceptors (Lipinski definition) is 4. The highest BCUT2D eigenvalue weighted by atomic mass is 35.5. The van der Waals surface area contributed by atoms with Crippen molar-refractivity contribution < 1.29 is 13.3 Å². The second-order valence-corrected chi connectivity index (χ2v) is 6.86. The van der Waals surface area contributed by atoms with Gasteiger partial charge in [0.15, 0.2) is 0 Å². The zero-order valence-corrected chi connectivity index (χ0v) is 16.2. The summed E-state index contributed by atoms with van der Waals surface area (Å²) in [6, 6.07) is 6.26. The highest BCUT2D eigenvalue weighted by molar-refractivity contribution is 6.42. The third-order valence-electron chi connectivity index (χ3n) is 3.95. The Bertz CT molecular complexity index is 1060. The van der Waals surface area contributed by atoms with E-state index in [0.717, 1.165) is 0 Å². The quantitative estimate of drug-likeness (QED) is 0.569. The second kappa shape index (κ2) is 8.24. The molecule has 0 aliphatic carbocycles. The predicted octanol–water partition coefficient (Wildman–Crippen LogP) is 4.91. The Morgan fingerprint density at radius 1 is 1.21 bits per heavy atom. The van der Waals surface area contributed by atoms with E-state index in [4.69, 9.17) is 27.7 Å². The van der Waals surface area contributed by atoms with Gasteiger partial charge in [-0.1, -0.05) is 40.5 Å². The van der Waals surface area contributed by atoms with Crippen LogP contribution in [0.15, 0.2) is 51.9 Å². The largest absolute Gasteiger partial charge is 0.361 e. The maximum absolute atomic E-state index is 14.7. The van der Waals surface area contributed by atoms with Crippen molar-refractivity contribution in [1.29, 1.82) is 0 Å². The minimum atomic E-state index is -3.43. The average Bonchev–Trinajstić information content (AvgIpc) is 3.13. The van der Waals surface area contributed by atoms with E-state index < -0.39 is 17.2 Å². The Labute approximate surface area is 169 Å². The Kier molecular flexibility index (Phi) is 5.96. The number of aromatic nitrogens is 3. The van der Waals surface area contributed by atoms with Crippen molar-refractivity contribution in [1.82, 2.24) is 15.1 Å². The lowest BCUT2D eigenvalue weighted by atomic mass is 10.0. The van der Waals surface area contributed by atoms with Crippen molar-refractivity contribution in [3.8, 4) is 0 Å². The molecule has 2 aromatic heterocycles. The van der Waals surface area contributed by atoms with Gasteiger partial charge in [0.1, 0.15) is 17.3 Å². The monoisotopic (exact) mass is 425 g/mol. The number of nitrogens with zero attached hydrogens (tertiary/aromatic N) is 2. The number of allylic oxidation sites excluding steroid dienone is 2. The number of alkyl halides is 2. The molecule has 2 heterocycles. The van der Waals surface area contributed by atoms with E-state index in [9.17, 15) is 13.6 Å². The number of rotatable bonds is 6. The summed E-state index contributed by atoms with van der Waals surface area (Å²) in [7, 11) is 0. The second-order valence-electron chi connectivity index (χ2n) is 6.04. The fourth-order valence-electron chi connectivity index (χ4n) is 2.71. The molecule has 0 aliphatic heterocycles. The van der Waals surface area contributed by atoms with Crippen LogP contribution in [0, 0.1) is 0 Å². The van der Waals surface area contributed by atoms with Gasteiger partial charge in [-0.15, -0.1) is 0 Å². The van der Waals surface area contributed by atoms with Gasteiger partial charge in [-0.2, -0.15) is 8.78 Å². The molecule has 0 atom stereocenters. The van der Waals surface area contributed by atoms with Gasteiger partial charge in [0.05, 0.1) is 22.7 Å². The summed E-state index contributed by atoms with van der Waals surface area (Å²) in [4.78, 5) is 19.2. The fourth-order valence-corrected chi connectivity index (χ4v) is 3.03. The zero-order valence-electron chi connectivity index (χ0n) is 14.7. The van der Waals surface area contributed by atoms with Crippen molar-refractivity contribution in [3.63, 3.8) is 0 Å². The van der Waals surface area contributed by atoms with Crippen LogP contribution in [-0.2, 0) is 18.8 Å². The molecule has 0 saturated carbocycles. The van der Waals surface area contributed by atoms with E-state index in [-0.39, 0.29) is 29.3 Å². The summed E-state index contributed by atoms with van der Waals surface area (Å²) in [6.45, 7) is 1.47. The maximum Gasteiger partial charge on any atom is 0.308 e.